The molecule has 0 aliphatic heterocycles. The Kier molecular flexibility index (Phi) is 4.99. The molecule has 0 saturated carbocycles. The van der Waals surface area contributed by atoms with Crippen LogP contribution in [0.5, 0.6) is 0 Å². The Morgan fingerprint density at radius 3 is 2.63 bits per heavy atom. The van der Waals surface area contributed by atoms with Crippen LogP contribution < -0.4 is 11.3 Å². The van der Waals surface area contributed by atoms with Gasteiger partial charge in [0.2, 0.25) is 0 Å². The average Bonchev–Trinajstić information content (AvgIpc) is 2.44. The molecule has 19 heavy (non-hydrogen) atoms. The van der Waals surface area contributed by atoms with E-state index in [0.29, 0.717) is 5.56 Å². The van der Waals surface area contributed by atoms with Gasteiger partial charge in [-0.1, -0.05) is 34.1 Å². The zero-order valence-electron chi connectivity index (χ0n) is 10.4. The smallest absolute Gasteiger partial charge is 0.128 e. The highest BCUT2D eigenvalue weighted by molar-refractivity contribution is 9.10. The van der Waals surface area contributed by atoms with Crippen molar-refractivity contribution < 1.29 is 4.39 Å². The minimum absolute atomic E-state index is 0.276. The molecular weight excluding hydrogens is 327 g/mol. The van der Waals surface area contributed by atoms with Gasteiger partial charge >= 0.3 is 0 Å². The van der Waals surface area contributed by atoms with E-state index in [1.54, 1.807) is 23.9 Å². The molecule has 0 spiro atoms. The van der Waals surface area contributed by atoms with Gasteiger partial charge in [0, 0.05) is 14.9 Å². The van der Waals surface area contributed by atoms with Crippen molar-refractivity contribution in [2.75, 3.05) is 6.26 Å². The van der Waals surface area contributed by atoms with Gasteiger partial charge in [-0.25, -0.2) is 9.82 Å². The first kappa shape index (κ1) is 14.5. The highest BCUT2D eigenvalue weighted by Gasteiger charge is 2.19. The summed E-state index contributed by atoms with van der Waals surface area (Å²) in [5.41, 5.74) is 4.20. The van der Waals surface area contributed by atoms with Crippen molar-refractivity contribution in [2.45, 2.75) is 10.9 Å². The van der Waals surface area contributed by atoms with Crippen molar-refractivity contribution in [2.24, 2.45) is 5.84 Å². The Morgan fingerprint density at radius 2 is 1.95 bits per heavy atom. The second-order valence-corrected chi connectivity index (χ2v) is 5.77. The van der Waals surface area contributed by atoms with Crippen LogP contribution in [0.3, 0.4) is 0 Å². The number of rotatable bonds is 4. The maximum Gasteiger partial charge on any atom is 0.128 e. The molecule has 0 amide bonds. The number of nitrogens with two attached hydrogens (primary N) is 1. The van der Waals surface area contributed by atoms with E-state index < -0.39 is 0 Å². The fraction of sp³-hybridized carbons (Fsp3) is 0.143. The van der Waals surface area contributed by atoms with Crippen LogP contribution in [0, 0.1) is 5.82 Å². The molecule has 0 aromatic heterocycles. The van der Waals surface area contributed by atoms with Crippen molar-refractivity contribution in [3.63, 3.8) is 0 Å². The predicted octanol–water partition coefficient (Wildman–Crippen LogP) is 3.86. The summed E-state index contributed by atoms with van der Waals surface area (Å²) in [6.07, 6.45) is 1.99. The van der Waals surface area contributed by atoms with Gasteiger partial charge in [0.05, 0.1) is 6.04 Å². The lowest BCUT2D eigenvalue weighted by atomic mass is 9.99. The fourth-order valence-corrected chi connectivity index (χ4v) is 3.00. The minimum Gasteiger partial charge on any atom is -0.271 e. The van der Waals surface area contributed by atoms with Crippen molar-refractivity contribution in [3.8, 4) is 0 Å². The van der Waals surface area contributed by atoms with E-state index >= 15 is 0 Å². The quantitative estimate of drug-likeness (QED) is 0.504. The van der Waals surface area contributed by atoms with E-state index in [1.165, 1.54) is 6.07 Å². The number of nitrogens with one attached hydrogen (secondary N) is 1. The van der Waals surface area contributed by atoms with Crippen LogP contribution >= 0.6 is 27.7 Å². The van der Waals surface area contributed by atoms with Crippen molar-refractivity contribution in [1.29, 1.82) is 0 Å². The third kappa shape index (κ3) is 3.17. The summed E-state index contributed by atoms with van der Waals surface area (Å²) in [4.78, 5) is 1.07. The van der Waals surface area contributed by atoms with E-state index in [2.05, 4.69) is 21.4 Å². The summed E-state index contributed by atoms with van der Waals surface area (Å²) < 4.78 is 14.8. The Hall–Kier alpha value is -0.880. The molecular formula is C14H14BrFN2S. The van der Waals surface area contributed by atoms with Crippen molar-refractivity contribution >= 4 is 27.7 Å². The number of thioether (sulfide) groups is 1. The summed E-state index contributed by atoms with van der Waals surface area (Å²) in [5, 5.41) is 0. The highest BCUT2D eigenvalue weighted by atomic mass is 79.9. The Balaban J connectivity index is 2.53. The molecule has 0 saturated heterocycles. The van der Waals surface area contributed by atoms with Gasteiger partial charge in [0.25, 0.3) is 0 Å². The van der Waals surface area contributed by atoms with Crippen LogP contribution in [0.25, 0.3) is 0 Å². The van der Waals surface area contributed by atoms with E-state index in [-0.39, 0.29) is 11.9 Å². The Bertz CT molecular complexity index is 577. The Morgan fingerprint density at radius 1 is 1.21 bits per heavy atom. The number of hydrogen-bond acceptors (Lipinski definition) is 3. The van der Waals surface area contributed by atoms with Crippen molar-refractivity contribution in [3.05, 3.63) is 63.9 Å². The van der Waals surface area contributed by atoms with E-state index in [9.17, 15) is 4.39 Å². The zero-order chi connectivity index (χ0) is 13.8. The number of hydrazine groups is 1. The van der Waals surface area contributed by atoms with Crippen LogP contribution in [0.1, 0.15) is 17.2 Å². The summed E-state index contributed by atoms with van der Waals surface area (Å²) in [6.45, 7) is 0. The molecule has 5 heteroatoms. The summed E-state index contributed by atoms with van der Waals surface area (Å²) in [5.74, 6) is 5.36. The maximum atomic E-state index is 14.0. The largest absolute Gasteiger partial charge is 0.271 e. The van der Waals surface area contributed by atoms with Gasteiger partial charge < -0.3 is 0 Å². The first-order chi connectivity index (χ1) is 9.17. The monoisotopic (exact) mass is 340 g/mol. The molecule has 0 heterocycles. The summed E-state index contributed by atoms with van der Waals surface area (Å²) in [6, 6.07) is 12.3. The predicted molar refractivity (Wildman–Crippen MR) is 81.5 cm³/mol. The van der Waals surface area contributed by atoms with E-state index in [1.807, 2.05) is 30.5 Å². The van der Waals surface area contributed by atoms with Crippen LogP contribution in [0.2, 0.25) is 0 Å². The third-order valence-electron chi connectivity index (χ3n) is 2.89. The van der Waals surface area contributed by atoms with Crippen LogP contribution in [-0.4, -0.2) is 6.26 Å². The lowest BCUT2D eigenvalue weighted by molar-refractivity contribution is 0.556. The second kappa shape index (κ2) is 6.52. The molecule has 0 fully saturated rings. The fourth-order valence-electron chi connectivity index (χ4n) is 1.99. The summed E-state index contributed by atoms with van der Waals surface area (Å²) >= 11 is 4.98. The molecule has 0 radical (unpaired) electrons. The molecule has 2 aromatic rings. The minimum atomic E-state index is -0.374. The van der Waals surface area contributed by atoms with Gasteiger partial charge in [-0.2, -0.15) is 0 Å². The van der Waals surface area contributed by atoms with Crippen LogP contribution in [0.15, 0.2) is 51.8 Å². The number of halogens is 2. The molecule has 0 aliphatic carbocycles. The highest BCUT2D eigenvalue weighted by Crippen LogP contribution is 2.32. The van der Waals surface area contributed by atoms with E-state index in [0.717, 1.165) is 14.9 Å². The zero-order valence-corrected chi connectivity index (χ0v) is 12.8. The normalized spacial score (nSPS) is 12.4. The first-order valence-corrected chi connectivity index (χ1v) is 7.73. The first-order valence-electron chi connectivity index (χ1n) is 5.71. The SMILES string of the molecule is CSc1ccccc1C(NN)c1cc(Br)ccc1F. The van der Waals surface area contributed by atoms with E-state index in [4.69, 9.17) is 5.84 Å². The van der Waals surface area contributed by atoms with Crippen LogP contribution in [0.4, 0.5) is 4.39 Å². The lowest BCUT2D eigenvalue weighted by Crippen LogP contribution is -2.30. The van der Waals surface area contributed by atoms with Gasteiger partial charge in [-0.3, -0.25) is 5.84 Å². The molecule has 2 nitrogen and oxygen atoms in total. The standard InChI is InChI=1S/C14H14BrFN2S/c1-19-13-5-3-2-4-10(13)14(18-17)11-8-9(15)6-7-12(11)16/h2-8,14,18H,17H2,1H3. The molecule has 3 N–H and O–H groups in total. The van der Waals surface area contributed by atoms with Gasteiger partial charge in [0.1, 0.15) is 5.82 Å². The molecule has 1 unspecified atom stereocenters. The number of hydrogen-bond donors (Lipinski definition) is 2. The number of benzene rings is 2. The van der Waals surface area contributed by atoms with Crippen LogP contribution in [-0.2, 0) is 0 Å². The molecule has 100 valence electrons. The molecule has 1 atom stereocenters. The van der Waals surface area contributed by atoms with Crippen molar-refractivity contribution in [1.82, 2.24) is 5.43 Å². The van der Waals surface area contributed by atoms with Gasteiger partial charge in [-0.15, -0.1) is 11.8 Å². The van der Waals surface area contributed by atoms with Gasteiger partial charge in [-0.05, 0) is 36.1 Å². The Labute approximate surface area is 124 Å². The molecule has 0 bridgehead atoms. The lowest BCUT2D eigenvalue weighted by Gasteiger charge is -2.20. The molecule has 0 aliphatic rings. The average molecular weight is 341 g/mol. The topological polar surface area (TPSA) is 38.0 Å². The second-order valence-electron chi connectivity index (χ2n) is 4.01. The van der Waals surface area contributed by atoms with Gasteiger partial charge in [0.15, 0.2) is 0 Å². The summed E-state index contributed by atoms with van der Waals surface area (Å²) in [7, 11) is 0. The third-order valence-corrected chi connectivity index (χ3v) is 4.19. The molecule has 2 aromatic carbocycles. The molecule has 2 rings (SSSR count). The maximum absolute atomic E-state index is 14.0.